The Labute approximate surface area is 113 Å². The van der Waals surface area contributed by atoms with Gasteiger partial charge in [0.15, 0.2) is 5.78 Å². The van der Waals surface area contributed by atoms with Gasteiger partial charge in [0.25, 0.3) is 0 Å². The summed E-state index contributed by atoms with van der Waals surface area (Å²) in [4.78, 5) is 12.4. The fraction of sp³-hybridized carbons (Fsp3) is 0.300. The van der Waals surface area contributed by atoms with Gasteiger partial charge in [-0.3, -0.25) is 9.10 Å². The minimum atomic E-state index is -3.54. The Bertz CT molecular complexity index is 673. The number of fused-ring (bicyclic) bond motifs is 1. The van der Waals surface area contributed by atoms with Gasteiger partial charge in [-0.15, -0.1) is 11.3 Å². The zero-order valence-corrected chi connectivity index (χ0v) is 12.0. The molecule has 8 heteroatoms. The first kappa shape index (κ1) is 12.1. The Kier molecular flexibility index (Phi) is 3.35. The average molecular weight is 305 g/mol. The molecule has 0 saturated heterocycles. The molecule has 0 aliphatic carbocycles. The Balaban J connectivity index is 2.32. The fourth-order valence-electron chi connectivity index (χ4n) is 1.50. The van der Waals surface area contributed by atoms with E-state index in [9.17, 15) is 13.2 Å². The van der Waals surface area contributed by atoms with E-state index in [1.807, 2.05) is 0 Å². The number of ketones is 1. The summed E-state index contributed by atoms with van der Waals surface area (Å²) in [5, 5.41) is 0.406. The summed E-state index contributed by atoms with van der Waals surface area (Å²) in [6.07, 6.45) is 0. The average Bonchev–Trinajstić information content (AvgIpc) is 2.76. The number of carbonyl (C=O) groups is 1. The molecule has 18 heavy (non-hydrogen) atoms. The molecule has 0 fully saturated rings. The lowest BCUT2D eigenvalue weighted by molar-refractivity contribution is 0.102. The summed E-state index contributed by atoms with van der Waals surface area (Å²) in [7, 11) is -2.48. The normalized spacial score (nSPS) is 18.4. The second kappa shape index (κ2) is 4.98. The minimum Gasteiger partial charge on any atom is -0.353 e. The summed E-state index contributed by atoms with van der Waals surface area (Å²) in [5.41, 5.74) is 0.398. The molecule has 0 saturated carbocycles. The molecule has 96 valence electrons. The van der Waals surface area contributed by atoms with E-state index in [-0.39, 0.29) is 16.0 Å². The van der Waals surface area contributed by atoms with Crippen LogP contribution in [0.4, 0.5) is 5.00 Å². The van der Waals surface area contributed by atoms with Gasteiger partial charge in [0.2, 0.25) is 10.0 Å². The standard InChI is InChI=1S/C10H10NO4PS2/c1-11-10-8(9(12)6-18(11,13)14)5-7(17-10)3-2-4-15-16/h5H,4,6,16H2,1H3/i16T. The fourth-order valence-corrected chi connectivity index (χ4v) is 3.98. The maximum atomic E-state index is 11.7. The lowest BCUT2D eigenvalue weighted by Crippen LogP contribution is -2.36. The van der Waals surface area contributed by atoms with Crippen molar-refractivity contribution in [2.24, 2.45) is 0 Å². The SMILES string of the molecule is [3H]POCC#Cc1cc2c(s1)N(C)S(=O)(=O)CC2=O. The predicted molar refractivity (Wildman–Crippen MR) is 73.4 cm³/mol. The molecule has 0 aromatic carbocycles. The zero-order valence-electron chi connectivity index (χ0n) is 10.4. The third-order valence-corrected chi connectivity index (χ3v) is 5.42. The number of carbonyl (C=O) groups excluding carboxylic acids is 1. The second-order valence-corrected chi connectivity index (χ2v) is 6.89. The van der Waals surface area contributed by atoms with Gasteiger partial charge in [0.05, 0.1) is 11.7 Å². The van der Waals surface area contributed by atoms with Crippen molar-refractivity contribution in [3.63, 3.8) is 0 Å². The van der Waals surface area contributed by atoms with E-state index in [0.717, 1.165) is 15.6 Å². The highest BCUT2D eigenvalue weighted by molar-refractivity contribution is 7.93. The largest absolute Gasteiger partial charge is 0.353 e. The van der Waals surface area contributed by atoms with Crippen LogP contribution in [0, 0.1) is 11.8 Å². The second-order valence-electron chi connectivity index (χ2n) is 3.57. The molecule has 0 spiro atoms. The van der Waals surface area contributed by atoms with Gasteiger partial charge in [0, 0.05) is 16.5 Å². The molecular formula is C10H10NO4PS2. The van der Waals surface area contributed by atoms with Gasteiger partial charge in [-0.1, -0.05) is 11.8 Å². The van der Waals surface area contributed by atoms with Gasteiger partial charge < -0.3 is 4.52 Å². The molecule has 0 amide bonds. The Morgan fingerprint density at radius 3 is 3.22 bits per heavy atom. The van der Waals surface area contributed by atoms with E-state index < -0.39 is 21.6 Å². The molecule has 0 N–H and O–H groups in total. The monoisotopic (exact) mass is 305 g/mol. The van der Waals surface area contributed by atoms with Crippen LogP contribution in [0.2, 0.25) is 0 Å². The first-order valence-corrected chi connectivity index (χ1v) is 7.70. The highest BCUT2D eigenvalue weighted by Gasteiger charge is 2.34. The number of Topliss-reactive ketones (excluding diaryl/α,β-unsaturated/α-hetero) is 1. The van der Waals surface area contributed by atoms with E-state index in [2.05, 4.69) is 11.8 Å². The molecule has 0 radical (unpaired) electrons. The van der Waals surface area contributed by atoms with Crippen molar-refractivity contribution < 1.29 is 17.7 Å². The van der Waals surface area contributed by atoms with Crippen LogP contribution in [0.1, 0.15) is 15.2 Å². The van der Waals surface area contributed by atoms with Crippen molar-refractivity contribution in [2.75, 3.05) is 23.7 Å². The molecule has 2 heterocycles. The highest BCUT2D eigenvalue weighted by Crippen LogP contribution is 2.36. The third-order valence-electron chi connectivity index (χ3n) is 2.39. The number of anilines is 1. The molecule has 1 aliphatic rings. The third kappa shape index (κ3) is 2.43. The summed E-state index contributed by atoms with van der Waals surface area (Å²) in [5.74, 6) is 4.61. The van der Waals surface area contributed by atoms with Crippen LogP contribution in [0.3, 0.4) is 0 Å². The number of hydrogen-bond donors (Lipinski definition) is 0. The maximum Gasteiger partial charge on any atom is 0.243 e. The molecule has 1 aliphatic heterocycles. The van der Waals surface area contributed by atoms with Gasteiger partial charge >= 0.3 is 0 Å². The van der Waals surface area contributed by atoms with E-state index >= 15 is 0 Å². The summed E-state index contributed by atoms with van der Waals surface area (Å²) in [6, 6.07) is 1.60. The molecule has 1 aromatic rings. The first-order valence-electron chi connectivity index (χ1n) is 5.37. The van der Waals surface area contributed by atoms with Gasteiger partial charge in [-0.25, -0.2) is 8.42 Å². The lowest BCUT2D eigenvalue weighted by Gasteiger charge is -2.22. The van der Waals surface area contributed by atoms with Crippen LogP contribution in [-0.2, 0) is 14.5 Å². The quantitative estimate of drug-likeness (QED) is 0.462. The number of rotatable bonds is 2. The van der Waals surface area contributed by atoms with Gasteiger partial charge in [0.1, 0.15) is 17.4 Å². The summed E-state index contributed by atoms with van der Waals surface area (Å²) >= 11 is 1.16. The number of sulfonamides is 1. The summed E-state index contributed by atoms with van der Waals surface area (Å²) < 4.78 is 36.1. The van der Waals surface area contributed by atoms with Crippen molar-refractivity contribution in [3.8, 4) is 11.8 Å². The number of hydrogen-bond acceptors (Lipinski definition) is 5. The molecule has 1 aromatic heterocycles. The maximum absolute atomic E-state index is 11.7. The molecule has 0 bridgehead atoms. The first-order chi connectivity index (χ1) is 8.95. The Morgan fingerprint density at radius 2 is 2.50 bits per heavy atom. The van der Waals surface area contributed by atoms with Crippen LogP contribution in [0.5, 0.6) is 0 Å². The van der Waals surface area contributed by atoms with Gasteiger partial charge in [-0.2, -0.15) is 0 Å². The van der Waals surface area contributed by atoms with E-state index in [1.165, 1.54) is 7.05 Å². The van der Waals surface area contributed by atoms with Crippen LogP contribution in [0.15, 0.2) is 6.07 Å². The molecule has 5 nitrogen and oxygen atoms in total. The van der Waals surface area contributed by atoms with Gasteiger partial charge in [-0.05, 0) is 6.07 Å². The minimum absolute atomic E-state index is 0.145. The van der Waals surface area contributed by atoms with E-state index in [1.54, 1.807) is 6.07 Å². The molecule has 1 atom stereocenters. The van der Waals surface area contributed by atoms with Crippen molar-refractivity contribution in [1.29, 1.82) is 1.28 Å². The Hall–Kier alpha value is -0.930. The van der Waals surface area contributed by atoms with Crippen LogP contribution in [-0.4, -0.2) is 34.9 Å². The molecule has 1 unspecified atom stereocenters. The summed E-state index contributed by atoms with van der Waals surface area (Å²) in [6.45, 7) is 0.145. The van der Waals surface area contributed by atoms with Crippen LogP contribution < -0.4 is 4.31 Å². The van der Waals surface area contributed by atoms with E-state index in [4.69, 9.17) is 5.80 Å². The van der Waals surface area contributed by atoms with Crippen molar-refractivity contribution >= 4 is 41.6 Å². The Morgan fingerprint density at radius 1 is 1.72 bits per heavy atom. The smallest absolute Gasteiger partial charge is 0.243 e. The van der Waals surface area contributed by atoms with Crippen LogP contribution in [0.25, 0.3) is 0 Å². The van der Waals surface area contributed by atoms with Crippen molar-refractivity contribution in [3.05, 3.63) is 16.5 Å². The zero-order chi connectivity index (χ0) is 14.0. The lowest BCUT2D eigenvalue weighted by atomic mass is 10.2. The topological polar surface area (TPSA) is 63.7 Å². The predicted octanol–water partition coefficient (Wildman–Crippen LogP) is 0.869. The molecular weight excluding hydrogens is 293 g/mol. The molecule has 2 rings (SSSR count). The highest BCUT2D eigenvalue weighted by atomic mass is 32.2. The number of nitrogens with zero attached hydrogens (tertiary/aromatic N) is 1. The van der Waals surface area contributed by atoms with Crippen molar-refractivity contribution in [2.45, 2.75) is 0 Å². The van der Waals surface area contributed by atoms with Crippen LogP contribution >= 0.6 is 20.7 Å². The van der Waals surface area contributed by atoms with Crippen molar-refractivity contribution in [1.82, 2.24) is 0 Å². The van der Waals surface area contributed by atoms with E-state index in [0.29, 0.717) is 15.4 Å². The number of thiophene rings is 1.